The Balaban J connectivity index is 1.55. The SMILES string of the molecule is CCNC(=NCC(C)Oc1ccccc1)NC1CCc2nc(C)nn2C1. The lowest BCUT2D eigenvalue weighted by molar-refractivity contribution is 0.230. The molecule has 0 amide bonds. The number of guanidine groups is 1. The van der Waals surface area contributed by atoms with Gasteiger partial charge in [0.15, 0.2) is 5.96 Å². The van der Waals surface area contributed by atoms with Gasteiger partial charge >= 0.3 is 0 Å². The summed E-state index contributed by atoms with van der Waals surface area (Å²) in [6.07, 6.45) is 1.97. The molecule has 26 heavy (non-hydrogen) atoms. The number of rotatable bonds is 6. The maximum Gasteiger partial charge on any atom is 0.191 e. The number of hydrogen-bond donors (Lipinski definition) is 2. The van der Waals surface area contributed by atoms with Gasteiger partial charge < -0.3 is 15.4 Å². The molecule has 2 aromatic rings. The Morgan fingerprint density at radius 1 is 1.38 bits per heavy atom. The molecule has 0 bridgehead atoms. The third-order valence-corrected chi connectivity index (χ3v) is 4.24. The van der Waals surface area contributed by atoms with Crippen molar-refractivity contribution < 1.29 is 4.74 Å². The minimum atomic E-state index is 0.00350. The molecule has 2 N–H and O–H groups in total. The van der Waals surface area contributed by atoms with E-state index in [2.05, 4.69) is 32.6 Å². The van der Waals surface area contributed by atoms with Crippen LogP contribution < -0.4 is 15.4 Å². The average Bonchev–Trinajstić information content (AvgIpc) is 3.00. The molecule has 1 aromatic heterocycles. The number of ether oxygens (including phenoxy) is 1. The van der Waals surface area contributed by atoms with Crippen LogP contribution in [0.4, 0.5) is 0 Å². The summed E-state index contributed by atoms with van der Waals surface area (Å²) in [5.74, 6) is 3.61. The predicted octanol–water partition coefficient (Wildman–Crippen LogP) is 1.92. The normalized spacial score (nSPS) is 18.1. The number of aliphatic imine (C=N–C) groups is 1. The van der Waals surface area contributed by atoms with Gasteiger partial charge in [0.25, 0.3) is 0 Å². The van der Waals surface area contributed by atoms with Crippen molar-refractivity contribution in [1.82, 2.24) is 25.4 Å². The first kappa shape index (κ1) is 18.2. The number of hydrogen-bond acceptors (Lipinski definition) is 4. The summed E-state index contributed by atoms with van der Waals surface area (Å²) >= 11 is 0. The molecule has 1 aliphatic rings. The summed E-state index contributed by atoms with van der Waals surface area (Å²) in [6.45, 7) is 8.26. The van der Waals surface area contributed by atoms with E-state index < -0.39 is 0 Å². The molecular formula is C19H28N6O. The molecule has 7 nitrogen and oxygen atoms in total. The minimum Gasteiger partial charge on any atom is -0.489 e. The first-order valence-corrected chi connectivity index (χ1v) is 9.31. The fourth-order valence-corrected chi connectivity index (χ4v) is 3.05. The molecule has 140 valence electrons. The lowest BCUT2D eigenvalue weighted by atomic mass is 10.1. The fraction of sp³-hybridized carbons (Fsp3) is 0.526. The second-order valence-electron chi connectivity index (χ2n) is 6.60. The number of nitrogens with one attached hydrogen (secondary N) is 2. The van der Waals surface area contributed by atoms with Crippen LogP contribution in [-0.4, -0.2) is 46.0 Å². The number of aromatic nitrogens is 3. The van der Waals surface area contributed by atoms with Gasteiger partial charge in [0.2, 0.25) is 0 Å². The van der Waals surface area contributed by atoms with Crippen LogP contribution in [0.3, 0.4) is 0 Å². The van der Waals surface area contributed by atoms with Crippen LogP contribution in [-0.2, 0) is 13.0 Å². The summed E-state index contributed by atoms with van der Waals surface area (Å²) in [5.41, 5.74) is 0. The Bertz CT molecular complexity index is 727. The third-order valence-electron chi connectivity index (χ3n) is 4.24. The van der Waals surface area contributed by atoms with E-state index in [9.17, 15) is 0 Å². The van der Waals surface area contributed by atoms with Crippen LogP contribution in [0.1, 0.15) is 31.9 Å². The zero-order valence-electron chi connectivity index (χ0n) is 15.8. The van der Waals surface area contributed by atoms with Gasteiger partial charge in [-0.3, -0.25) is 0 Å². The molecule has 2 atom stereocenters. The Labute approximate surface area is 154 Å². The van der Waals surface area contributed by atoms with Crippen LogP contribution >= 0.6 is 0 Å². The van der Waals surface area contributed by atoms with Crippen molar-refractivity contribution >= 4 is 5.96 Å². The van der Waals surface area contributed by atoms with Crippen LogP contribution in [0, 0.1) is 6.92 Å². The molecule has 3 rings (SSSR count). The molecule has 0 saturated heterocycles. The van der Waals surface area contributed by atoms with Crippen LogP contribution in [0.5, 0.6) is 5.75 Å². The van der Waals surface area contributed by atoms with Gasteiger partial charge in [-0.05, 0) is 39.3 Å². The smallest absolute Gasteiger partial charge is 0.191 e. The summed E-state index contributed by atoms with van der Waals surface area (Å²) < 4.78 is 7.90. The summed E-state index contributed by atoms with van der Waals surface area (Å²) in [4.78, 5) is 9.15. The van der Waals surface area contributed by atoms with Gasteiger partial charge in [-0.1, -0.05) is 18.2 Å². The number of nitrogens with zero attached hydrogens (tertiary/aromatic N) is 4. The molecule has 1 aromatic carbocycles. The Hall–Kier alpha value is -2.57. The number of fused-ring (bicyclic) bond motifs is 1. The molecule has 0 aliphatic carbocycles. The van der Waals surface area contributed by atoms with E-state index in [4.69, 9.17) is 4.74 Å². The summed E-state index contributed by atoms with van der Waals surface area (Å²) in [5, 5.41) is 11.3. The van der Waals surface area contributed by atoms with Crippen molar-refractivity contribution in [3.05, 3.63) is 42.0 Å². The highest BCUT2D eigenvalue weighted by molar-refractivity contribution is 5.80. The minimum absolute atomic E-state index is 0.00350. The van der Waals surface area contributed by atoms with E-state index in [-0.39, 0.29) is 6.10 Å². The molecule has 0 fully saturated rings. The van der Waals surface area contributed by atoms with Crippen LogP contribution in [0.25, 0.3) is 0 Å². The van der Waals surface area contributed by atoms with Crippen molar-refractivity contribution in [2.75, 3.05) is 13.1 Å². The molecule has 2 heterocycles. The van der Waals surface area contributed by atoms with Crippen molar-refractivity contribution in [3.63, 3.8) is 0 Å². The van der Waals surface area contributed by atoms with Crippen molar-refractivity contribution in [2.24, 2.45) is 4.99 Å². The van der Waals surface area contributed by atoms with Gasteiger partial charge in [0.1, 0.15) is 23.5 Å². The van der Waals surface area contributed by atoms with Gasteiger partial charge in [0, 0.05) is 19.0 Å². The highest BCUT2D eigenvalue weighted by Crippen LogP contribution is 2.13. The Kier molecular flexibility index (Phi) is 6.09. The van der Waals surface area contributed by atoms with Crippen LogP contribution in [0.2, 0.25) is 0 Å². The zero-order chi connectivity index (χ0) is 18.4. The van der Waals surface area contributed by atoms with Gasteiger partial charge in [0.05, 0.1) is 13.1 Å². The largest absolute Gasteiger partial charge is 0.489 e. The monoisotopic (exact) mass is 356 g/mol. The van der Waals surface area contributed by atoms with Gasteiger partial charge in [-0.15, -0.1) is 0 Å². The highest BCUT2D eigenvalue weighted by atomic mass is 16.5. The second-order valence-corrected chi connectivity index (χ2v) is 6.60. The topological polar surface area (TPSA) is 76.4 Å². The van der Waals surface area contributed by atoms with E-state index in [0.717, 1.165) is 49.3 Å². The van der Waals surface area contributed by atoms with E-state index in [1.165, 1.54) is 0 Å². The number of aryl methyl sites for hydroxylation is 2. The number of benzene rings is 1. The van der Waals surface area contributed by atoms with E-state index >= 15 is 0 Å². The van der Waals surface area contributed by atoms with Crippen molar-refractivity contribution in [1.29, 1.82) is 0 Å². The van der Waals surface area contributed by atoms with Crippen LogP contribution in [0.15, 0.2) is 35.3 Å². The van der Waals surface area contributed by atoms with Gasteiger partial charge in [-0.2, -0.15) is 5.10 Å². The maximum absolute atomic E-state index is 5.90. The first-order chi connectivity index (χ1) is 12.6. The predicted molar refractivity (Wildman–Crippen MR) is 103 cm³/mol. The molecule has 7 heteroatoms. The van der Waals surface area contributed by atoms with Crippen molar-refractivity contribution in [3.8, 4) is 5.75 Å². The Morgan fingerprint density at radius 2 is 2.19 bits per heavy atom. The zero-order valence-corrected chi connectivity index (χ0v) is 15.8. The second kappa shape index (κ2) is 8.69. The average molecular weight is 356 g/mol. The standard InChI is InChI=1S/C19H28N6O/c1-4-20-19(21-12-14(2)26-17-8-6-5-7-9-17)23-16-10-11-18-22-15(3)24-25(18)13-16/h5-9,14,16H,4,10-13H2,1-3H3,(H2,20,21,23). The molecule has 0 radical (unpaired) electrons. The molecule has 0 spiro atoms. The quantitative estimate of drug-likeness (QED) is 0.611. The molecular weight excluding hydrogens is 328 g/mol. The van der Waals surface area contributed by atoms with E-state index in [1.54, 1.807) is 0 Å². The van der Waals surface area contributed by atoms with Crippen molar-refractivity contribution in [2.45, 2.75) is 52.3 Å². The lowest BCUT2D eigenvalue weighted by Crippen LogP contribution is -2.47. The first-order valence-electron chi connectivity index (χ1n) is 9.31. The van der Waals surface area contributed by atoms with Gasteiger partial charge in [-0.25, -0.2) is 14.7 Å². The fourth-order valence-electron chi connectivity index (χ4n) is 3.05. The van der Waals surface area contributed by atoms with E-state index in [1.807, 2.05) is 48.9 Å². The highest BCUT2D eigenvalue weighted by Gasteiger charge is 2.21. The summed E-state index contributed by atoms with van der Waals surface area (Å²) in [7, 11) is 0. The number of para-hydroxylation sites is 1. The summed E-state index contributed by atoms with van der Waals surface area (Å²) in [6, 6.07) is 10.1. The molecule has 0 saturated carbocycles. The Morgan fingerprint density at radius 3 is 2.96 bits per heavy atom. The maximum atomic E-state index is 5.90. The molecule has 1 aliphatic heterocycles. The van der Waals surface area contributed by atoms with E-state index in [0.29, 0.717) is 12.6 Å². The molecule has 2 unspecified atom stereocenters. The lowest BCUT2D eigenvalue weighted by Gasteiger charge is -2.25. The third kappa shape index (κ3) is 4.97.